The van der Waals surface area contributed by atoms with E-state index in [0.29, 0.717) is 11.7 Å². The molecule has 1 aliphatic rings. The van der Waals surface area contributed by atoms with Gasteiger partial charge in [-0.1, -0.05) is 6.42 Å². The first-order valence-corrected chi connectivity index (χ1v) is 6.94. The van der Waals surface area contributed by atoms with Gasteiger partial charge in [-0.3, -0.25) is 4.68 Å². The Bertz CT molecular complexity index is 633. The maximum atomic E-state index is 10.8. The molecule has 1 unspecified atom stereocenters. The van der Waals surface area contributed by atoms with Crippen LogP contribution in [0.2, 0.25) is 0 Å². The fourth-order valence-electron chi connectivity index (χ4n) is 2.52. The highest BCUT2D eigenvalue weighted by Crippen LogP contribution is 2.39. The molecule has 110 valence electrons. The van der Waals surface area contributed by atoms with E-state index in [1.165, 1.54) is 31.7 Å². The topological polar surface area (TPSA) is 92.9 Å². The summed E-state index contributed by atoms with van der Waals surface area (Å²) in [6.45, 7) is 0. The third-order valence-corrected chi connectivity index (χ3v) is 3.88. The zero-order chi connectivity index (χ0) is 14.8. The highest BCUT2D eigenvalue weighted by molar-refractivity contribution is 5.84. The summed E-state index contributed by atoms with van der Waals surface area (Å²) in [5.41, 5.74) is 1.06. The number of hydrogen-bond donors (Lipinski definition) is 2. The van der Waals surface area contributed by atoms with Crippen LogP contribution in [0.25, 0.3) is 0 Å². The fourth-order valence-corrected chi connectivity index (χ4v) is 2.52. The smallest absolute Gasteiger partial charge is 0.356 e. The number of nitrogens with one attached hydrogen (secondary N) is 1. The lowest BCUT2D eigenvalue weighted by molar-refractivity contribution is 0.0690. The van der Waals surface area contributed by atoms with Crippen molar-refractivity contribution in [2.75, 3.05) is 5.32 Å². The third kappa shape index (κ3) is 2.86. The number of nitrogens with zero attached hydrogens (tertiary/aromatic N) is 4. The Hall–Kier alpha value is -2.44. The van der Waals surface area contributed by atoms with Crippen LogP contribution in [-0.4, -0.2) is 30.8 Å². The van der Waals surface area contributed by atoms with E-state index in [-0.39, 0.29) is 11.7 Å². The summed E-state index contributed by atoms with van der Waals surface area (Å²) < 4.78 is 1.78. The molecule has 21 heavy (non-hydrogen) atoms. The molecule has 1 saturated carbocycles. The van der Waals surface area contributed by atoms with Crippen molar-refractivity contribution < 1.29 is 9.90 Å². The predicted octanol–water partition coefficient (Wildman–Crippen LogP) is 1.86. The van der Waals surface area contributed by atoms with Gasteiger partial charge in [0.05, 0.1) is 24.6 Å². The molecule has 7 nitrogen and oxygen atoms in total. The molecular formula is C14H17N5O2. The van der Waals surface area contributed by atoms with E-state index in [1.54, 1.807) is 4.68 Å². The lowest BCUT2D eigenvalue weighted by atomic mass is 9.78. The van der Waals surface area contributed by atoms with Crippen molar-refractivity contribution in [2.45, 2.75) is 25.3 Å². The van der Waals surface area contributed by atoms with E-state index in [0.717, 1.165) is 5.56 Å². The van der Waals surface area contributed by atoms with Crippen molar-refractivity contribution in [2.24, 2.45) is 13.0 Å². The van der Waals surface area contributed by atoms with Gasteiger partial charge in [0, 0.05) is 18.8 Å². The molecule has 1 aliphatic carbocycles. The number of rotatable bonds is 5. The van der Waals surface area contributed by atoms with Gasteiger partial charge in [-0.05, 0) is 18.8 Å². The maximum absolute atomic E-state index is 10.8. The fraction of sp³-hybridized carbons (Fsp3) is 0.429. The number of carbonyl (C=O) groups is 1. The van der Waals surface area contributed by atoms with E-state index in [4.69, 9.17) is 5.11 Å². The molecule has 3 rings (SSSR count). The first-order chi connectivity index (χ1) is 10.1. The lowest BCUT2D eigenvalue weighted by Crippen LogP contribution is -2.26. The predicted molar refractivity (Wildman–Crippen MR) is 75.9 cm³/mol. The molecule has 1 atom stereocenters. The highest BCUT2D eigenvalue weighted by Gasteiger charge is 2.29. The van der Waals surface area contributed by atoms with Crippen molar-refractivity contribution >= 4 is 11.8 Å². The number of aromatic carboxylic acids is 1. The molecule has 2 heterocycles. The number of hydrogen-bond acceptors (Lipinski definition) is 5. The molecule has 1 fully saturated rings. The molecular weight excluding hydrogens is 270 g/mol. The van der Waals surface area contributed by atoms with E-state index < -0.39 is 5.97 Å². The molecule has 2 aromatic heterocycles. The summed E-state index contributed by atoms with van der Waals surface area (Å²) >= 11 is 0. The number of aromatic nitrogens is 4. The Balaban J connectivity index is 1.79. The van der Waals surface area contributed by atoms with Crippen LogP contribution in [0.5, 0.6) is 0 Å². The van der Waals surface area contributed by atoms with Gasteiger partial charge in [0.15, 0.2) is 5.69 Å². The van der Waals surface area contributed by atoms with Gasteiger partial charge in [-0.25, -0.2) is 14.8 Å². The largest absolute Gasteiger partial charge is 0.476 e. The van der Waals surface area contributed by atoms with Gasteiger partial charge in [0.25, 0.3) is 0 Å². The molecule has 0 spiro atoms. The molecule has 0 bridgehead atoms. The zero-order valence-electron chi connectivity index (χ0n) is 11.7. The van der Waals surface area contributed by atoms with Crippen molar-refractivity contribution in [1.29, 1.82) is 0 Å². The van der Waals surface area contributed by atoms with Gasteiger partial charge >= 0.3 is 5.97 Å². The number of carboxylic acids is 1. The van der Waals surface area contributed by atoms with Crippen LogP contribution in [0.4, 0.5) is 5.82 Å². The minimum Gasteiger partial charge on any atom is -0.476 e. The first-order valence-electron chi connectivity index (χ1n) is 6.94. The minimum absolute atomic E-state index is 0.0536. The molecule has 0 aliphatic heterocycles. The summed E-state index contributed by atoms with van der Waals surface area (Å²) in [7, 11) is 1.89. The van der Waals surface area contributed by atoms with Crippen LogP contribution in [0, 0.1) is 5.92 Å². The average Bonchev–Trinajstić information content (AvgIpc) is 2.83. The van der Waals surface area contributed by atoms with Crippen molar-refractivity contribution in [3.8, 4) is 0 Å². The first kappa shape index (κ1) is 13.5. The van der Waals surface area contributed by atoms with Crippen LogP contribution in [0.1, 0.15) is 41.4 Å². The van der Waals surface area contributed by atoms with Crippen LogP contribution in [0.15, 0.2) is 24.8 Å². The molecule has 0 amide bonds. The molecule has 0 aromatic carbocycles. The van der Waals surface area contributed by atoms with E-state index in [2.05, 4.69) is 20.4 Å². The van der Waals surface area contributed by atoms with E-state index in [1.807, 2.05) is 19.4 Å². The van der Waals surface area contributed by atoms with Crippen molar-refractivity contribution in [3.63, 3.8) is 0 Å². The van der Waals surface area contributed by atoms with Gasteiger partial charge in [-0.2, -0.15) is 5.10 Å². The van der Waals surface area contributed by atoms with E-state index in [9.17, 15) is 4.79 Å². The molecule has 0 radical (unpaired) electrons. The average molecular weight is 287 g/mol. The number of anilines is 1. The molecule has 0 saturated heterocycles. The maximum Gasteiger partial charge on any atom is 0.356 e. The number of aryl methyl sites for hydroxylation is 1. The summed E-state index contributed by atoms with van der Waals surface area (Å²) in [5, 5.41) is 16.4. The van der Waals surface area contributed by atoms with Crippen molar-refractivity contribution in [1.82, 2.24) is 19.7 Å². The Kier molecular flexibility index (Phi) is 3.55. The SMILES string of the molecule is Cn1cc(C(Nc2cnc(C(=O)O)cn2)C2CCC2)cn1. The Morgan fingerprint density at radius 2 is 2.19 bits per heavy atom. The zero-order valence-corrected chi connectivity index (χ0v) is 11.7. The monoisotopic (exact) mass is 287 g/mol. The van der Waals surface area contributed by atoms with Crippen molar-refractivity contribution in [3.05, 3.63) is 36.0 Å². The van der Waals surface area contributed by atoms with Crippen LogP contribution in [-0.2, 0) is 7.05 Å². The normalized spacial score (nSPS) is 16.2. The van der Waals surface area contributed by atoms with Crippen LogP contribution < -0.4 is 5.32 Å². The van der Waals surface area contributed by atoms with Gasteiger partial charge in [0.2, 0.25) is 0 Å². The third-order valence-electron chi connectivity index (χ3n) is 3.88. The quantitative estimate of drug-likeness (QED) is 0.872. The summed E-state index contributed by atoms with van der Waals surface area (Å²) in [5.74, 6) is 0.0627. The Labute approximate surface area is 122 Å². The lowest BCUT2D eigenvalue weighted by Gasteiger charge is -2.34. The molecule has 7 heteroatoms. The highest BCUT2D eigenvalue weighted by atomic mass is 16.4. The van der Waals surface area contributed by atoms with E-state index >= 15 is 0 Å². The minimum atomic E-state index is -1.07. The summed E-state index contributed by atoms with van der Waals surface area (Å²) in [4.78, 5) is 18.8. The van der Waals surface area contributed by atoms with Gasteiger partial charge in [0.1, 0.15) is 5.82 Å². The summed E-state index contributed by atoms with van der Waals surface area (Å²) in [6, 6.07) is 0.137. The second-order valence-electron chi connectivity index (χ2n) is 5.35. The Morgan fingerprint density at radius 3 is 2.67 bits per heavy atom. The second-order valence-corrected chi connectivity index (χ2v) is 5.35. The van der Waals surface area contributed by atoms with Gasteiger partial charge in [-0.15, -0.1) is 0 Å². The molecule has 2 N–H and O–H groups in total. The van der Waals surface area contributed by atoms with Crippen LogP contribution in [0.3, 0.4) is 0 Å². The summed E-state index contributed by atoms with van der Waals surface area (Å²) in [6.07, 6.45) is 10.2. The standard InChI is InChI=1S/C14H17N5O2/c1-19-8-10(5-17-19)13(9-3-2-4-9)18-12-7-15-11(6-16-12)14(20)21/h5-9,13H,2-4H2,1H3,(H,16,18)(H,20,21). The molecule has 2 aromatic rings. The second kappa shape index (κ2) is 5.51. The van der Waals surface area contributed by atoms with Crippen LogP contribution >= 0.6 is 0 Å². The Morgan fingerprint density at radius 1 is 1.38 bits per heavy atom. The number of carboxylic acid groups (broad SMARTS) is 1. The van der Waals surface area contributed by atoms with Gasteiger partial charge < -0.3 is 10.4 Å².